The summed E-state index contributed by atoms with van der Waals surface area (Å²) in [5.41, 5.74) is -1.01. The lowest BCUT2D eigenvalue weighted by molar-refractivity contribution is -0.114. The molecule has 2 aromatic heterocycles. The normalized spacial score (nSPS) is 19.7. The van der Waals surface area contributed by atoms with Crippen LogP contribution in [-0.2, 0) is 53.1 Å². The van der Waals surface area contributed by atoms with E-state index in [9.17, 15) is 24.4 Å². The van der Waals surface area contributed by atoms with E-state index in [0.29, 0.717) is 56.4 Å². The molecule has 0 radical (unpaired) electrons. The second-order valence-corrected chi connectivity index (χ2v) is 22.7. The maximum atomic E-state index is 15.9. The number of carbonyl (C=O) groups excluding carboxylic acids is 1. The Morgan fingerprint density at radius 2 is 1.20 bits per heavy atom. The van der Waals surface area contributed by atoms with Crippen molar-refractivity contribution in [3.05, 3.63) is 259 Å². The van der Waals surface area contributed by atoms with E-state index >= 15 is 4.57 Å². The van der Waals surface area contributed by atoms with E-state index in [1.165, 1.54) is 36.0 Å². The van der Waals surface area contributed by atoms with Crippen LogP contribution in [0, 0.1) is 24.2 Å². The predicted molar refractivity (Wildman–Crippen MR) is 330 cm³/mol. The first-order valence-electron chi connectivity index (χ1n) is 28.7. The molecule has 10 rings (SSSR count). The number of carbonyl (C=O) groups is 1. The summed E-state index contributed by atoms with van der Waals surface area (Å²) in [6.45, 7) is 5.17. The van der Waals surface area contributed by atoms with Crippen molar-refractivity contribution in [2.45, 2.75) is 68.3 Å². The van der Waals surface area contributed by atoms with E-state index in [1.807, 2.05) is 109 Å². The first-order chi connectivity index (χ1) is 43.6. The highest BCUT2D eigenvalue weighted by Crippen LogP contribution is 2.56. The number of benzene rings is 6. The number of hydrogen-bond acceptors (Lipinski definition) is 18. The SMILES string of the molecule is C=CCOP(=O)(OC[C@H]1O[C@@H](n2cc(C)c(=O)[nH]c2=O)C[C@@H]1OC(c1ccccc1)(c1ccc(OC)cc1)c1ccc(OC)cc1)O[C@H]1[C@H](C#N)[C@H](n2ccc(NC(C)=O)nc2=O)O[C@@H]1COC(c1ccccc1)(c1ccc(OC)cc1)c1ccc(OC)cc1. The number of phosphoric ester groups is 1. The first kappa shape index (κ1) is 63.7. The van der Waals surface area contributed by atoms with Crippen molar-refractivity contribution in [1.82, 2.24) is 19.1 Å². The van der Waals surface area contributed by atoms with Crippen LogP contribution < -0.4 is 41.2 Å². The van der Waals surface area contributed by atoms with Gasteiger partial charge in [-0.25, -0.2) is 14.2 Å². The second kappa shape index (κ2) is 28.1. The summed E-state index contributed by atoms with van der Waals surface area (Å²) in [6, 6.07) is 51.7. The summed E-state index contributed by atoms with van der Waals surface area (Å²) in [7, 11) is 1.20. The zero-order chi connectivity index (χ0) is 63.6. The molecule has 466 valence electrons. The molecule has 2 aliphatic rings. The van der Waals surface area contributed by atoms with Gasteiger partial charge in [-0.3, -0.25) is 37.3 Å². The van der Waals surface area contributed by atoms with Gasteiger partial charge in [-0.2, -0.15) is 10.2 Å². The van der Waals surface area contributed by atoms with E-state index in [2.05, 4.69) is 27.9 Å². The molecular weight excluding hydrogens is 1180 g/mol. The van der Waals surface area contributed by atoms with Crippen LogP contribution in [0.25, 0.3) is 0 Å². The number of aryl methyl sites for hydroxylation is 1. The molecule has 0 spiro atoms. The molecule has 1 amide bonds. The minimum Gasteiger partial charge on any atom is -0.497 e. The first-order valence-corrected chi connectivity index (χ1v) is 30.1. The molecule has 23 heteroatoms. The van der Waals surface area contributed by atoms with Crippen molar-refractivity contribution >= 4 is 19.5 Å². The number of aromatic nitrogens is 4. The van der Waals surface area contributed by atoms with Gasteiger partial charge in [-0.1, -0.05) is 115 Å². The van der Waals surface area contributed by atoms with E-state index in [1.54, 1.807) is 83.9 Å². The molecule has 8 atom stereocenters. The molecule has 8 aromatic rings. The zero-order valence-electron chi connectivity index (χ0n) is 50.2. The van der Waals surface area contributed by atoms with Gasteiger partial charge < -0.3 is 43.2 Å². The van der Waals surface area contributed by atoms with Gasteiger partial charge in [0.05, 0.1) is 60.4 Å². The Hall–Kier alpha value is -9.27. The molecule has 2 fully saturated rings. The summed E-state index contributed by atoms with van der Waals surface area (Å²) in [5, 5.41) is 13.8. The van der Waals surface area contributed by atoms with Gasteiger partial charge >= 0.3 is 19.2 Å². The van der Waals surface area contributed by atoms with Gasteiger partial charge in [-0.05, 0) is 94.9 Å². The molecule has 2 N–H and O–H groups in total. The van der Waals surface area contributed by atoms with Crippen molar-refractivity contribution in [3.8, 4) is 29.1 Å². The summed E-state index contributed by atoms with van der Waals surface area (Å²) in [5.74, 6) is 0.277. The van der Waals surface area contributed by atoms with Gasteiger partial charge in [0.25, 0.3) is 5.56 Å². The smallest absolute Gasteiger partial charge is 0.475 e. The third kappa shape index (κ3) is 13.4. The van der Waals surface area contributed by atoms with E-state index in [-0.39, 0.29) is 17.8 Å². The molecule has 90 heavy (non-hydrogen) atoms. The number of ether oxygens (including phenoxy) is 8. The van der Waals surface area contributed by atoms with Crippen molar-refractivity contribution in [1.29, 1.82) is 5.26 Å². The van der Waals surface area contributed by atoms with Crippen molar-refractivity contribution in [3.63, 3.8) is 0 Å². The number of nitriles is 1. The molecule has 0 saturated carbocycles. The average Bonchev–Trinajstić information content (AvgIpc) is 1.08. The second-order valence-electron chi connectivity index (χ2n) is 21.1. The molecule has 0 bridgehead atoms. The number of H-pyrrole nitrogens is 1. The zero-order valence-corrected chi connectivity index (χ0v) is 51.1. The number of aromatic amines is 1. The minimum absolute atomic E-state index is 0.0396. The van der Waals surface area contributed by atoms with Gasteiger partial charge in [0.1, 0.15) is 70.5 Å². The number of anilines is 1. The van der Waals surface area contributed by atoms with Crippen molar-refractivity contribution < 1.29 is 60.8 Å². The maximum absolute atomic E-state index is 15.9. The lowest BCUT2D eigenvalue weighted by atomic mass is 9.79. The van der Waals surface area contributed by atoms with Crippen LogP contribution in [-0.4, -0.2) is 97.7 Å². The molecule has 2 saturated heterocycles. The number of rotatable bonds is 26. The third-order valence-electron chi connectivity index (χ3n) is 15.7. The number of amides is 1. The largest absolute Gasteiger partial charge is 0.497 e. The van der Waals surface area contributed by atoms with E-state index in [4.69, 9.17) is 51.5 Å². The quantitative estimate of drug-likeness (QED) is 0.0290. The fourth-order valence-electron chi connectivity index (χ4n) is 11.3. The van der Waals surface area contributed by atoms with Crippen LogP contribution in [0.4, 0.5) is 5.82 Å². The van der Waals surface area contributed by atoms with Crippen LogP contribution in [0.5, 0.6) is 23.0 Å². The molecule has 2 aliphatic heterocycles. The molecule has 0 aliphatic carbocycles. The fraction of sp³-hybridized carbons (Fsp3) is 0.284. The van der Waals surface area contributed by atoms with Crippen LogP contribution >= 0.6 is 7.82 Å². The van der Waals surface area contributed by atoms with Crippen LogP contribution in [0.1, 0.15) is 64.7 Å². The highest BCUT2D eigenvalue weighted by atomic mass is 31.2. The Morgan fingerprint density at radius 3 is 1.68 bits per heavy atom. The highest BCUT2D eigenvalue weighted by molar-refractivity contribution is 7.48. The van der Waals surface area contributed by atoms with Gasteiger partial charge in [0.2, 0.25) is 5.91 Å². The third-order valence-corrected chi connectivity index (χ3v) is 17.1. The average molecular weight is 1240 g/mol. The fourth-order valence-corrected chi connectivity index (χ4v) is 12.7. The van der Waals surface area contributed by atoms with Crippen LogP contribution in [0.2, 0.25) is 0 Å². The Morgan fingerprint density at radius 1 is 0.700 bits per heavy atom. The summed E-state index contributed by atoms with van der Waals surface area (Å²) >= 11 is 0. The Kier molecular flexibility index (Phi) is 19.9. The lowest BCUT2D eigenvalue weighted by Gasteiger charge is -2.39. The number of phosphoric acid groups is 1. The van der Waals surface area contributed by atoms with Crippen molar-refractivity contribution in [2.24, 2.45) is 5.92 Å². The maximum Gasteiger partial charge on any atom is 0.475 e. The molecular formula is C67H67N6O16P. The number of hydrogen-bond donors (Lipinski definition) is 2. The monoisotopic (exact) mass is 1240 g/mol. The number of methoxy groups -OCH3 is 4. The van der Waals surface area contributed by atoms with Gasteiger partial charge in [0, 0.05) is 31.3 Å². The lowest BCUT2D eigenvalue weighted by Crippen LogP contribution is -2.41. The number of nitrogens with one attached hydrogen (secondary N) is 2. The summed E-state index contributed by atoms with van der Waals surface area (Å²) in [4.78, 5) is 59.0. The molecule has 1 unspecified atom stereocenters. The van der Waals surface area contributed by atoms with Crippen LogP contribution in [0.3, 0.4) is 0 Å². The van der Waals surface area contributed by atoms with E-state index < -0.39 is 104 Å². The van der Waals surface area contributed by atoms with Gasteiger partial charge in [0.15, 0.2) is 6.23 Å². The summed E-state index contributed by atoms with van der Waals surface area (Å²) in [6.07, 6.45) is -3.86. The standard InChI is InChI=1S/C67H67N6O16P/c1-8-37-84-90(78,85-42-57-56(38-60(86-57)73-40-43(2)62(75)71-65(73)77)88-67(46-17-13-10-14-18-46,49-23-31-53(81-6)32-24-49)50-25-33-54(82-7)34-26-50)89-61-55(39-68)63(72-36-35-59(69-44(3)74)70-64(72)76)87-58(61)41-83-66(45-15-11-9-12-16-45,47-19-27-51(79-4)28-20-47)48-21-29-52(80-5)30-22-48/h8-36,40,55-58,60-61,63H,1,37-38,41-42H2,2-7H3,(H,71,75,77)(H,69,70,74,76)/t55-,56-,57+,58+,60+,61-,63+,90?/m0/s1. The summed E-state index contributed by atoms with van der Waals surface area (Å²) < 4.78 is 88.0. The minimum atomic E-state index is -5.04. The molecule has 22 nitrogen and oxygen atoms in total. The van der Waals surface area contributed by atoms with Gasteiger partial charge in [-0.15, -0.1) is 6.58 Å². The topological polar surface area (TPSA) is 261 Å². The highest BCUT2D eigenvalue weighted by Gasteiger charge is 2.54. The predicted octanol–water partition coefficient (Wildman–Crippen LogP) is 9.52. The Balaban J connectivity index is 1.07. The Labute approximate surface area is 518 Å². The van der Waals surface area contributed by atoms with Crippen LogP contribution in [0.15, 0.2) is 203 Å². The molecule has 4 heterocycles. The Bertz CT molecular complexity index is 3950. The van der Waals surface area contributed by atoms with Crippen molar-refractivity contribution in [2.75, 3.05) is 53.6 Å². The van der Waals surface area contributed by atoms with E-state index in [0.717, 1.165) is 4.57 Å². The number of nitrogens with zero attached hydrogens (tertiary/aromatic N) is 4. The molecule has 6 aromatic carbocycles.